The monoisotopic (exact) mass is 214 g/mol. The number of H-pyrrole nitrogens is 1. The summed E-state index contributed by atoms with van der Waals surface area (Å²) in [7, 11) is -3.09. The summed E-state index contributed by atoms with van der Waals surface area (Å²) in [5, 5.41) is 3.62. The van der Waals surface area contributed by atoms with E-state index in [1.807, 2.05) is 6.07 Å². The van der Waals surface area contributed by atoms with Gasteiger partial charge in [0, 0.05) is 18.0 Å². The molecule has 1 atom stereocenters. The molecule has 1 aliphatic rings. The molecule has 1 aliphatic heterocycles. The Morgan fingerprint density at radius 2 is 2.21 bits per heavy atom. The van der Waals surface area contributed by atoms with E-state index >= 15 is 0 Å². The second-order valence-electron chi connectivity index (χ2n) is 3.70. The minimum Gasteiger partial charge on any atom is -0.348 e. The van der Waals surface area contributed by atoms with Gasteiger partial charge in [-0.25, -0.2) is 8.42 Å². The van der Waals surface area contributed by atoms with Crippen LogP contribution in [0.15, 0.2) is 17.2 Å². The molecule has 0 aromatic carbocycles. The minimum atomic E-state index is -3.09. The standard InChI is InChI=1S/C9H14N2O2S/c1-14(12,13)9-5-4-8(11-9)7-3-2-6-10-7/h4-5,7,10-11H,2-3,6H2,1H3. The van der Waals surface area contributed by atoms with Crippen molar-refractivity contribution < 1.29 is 8.42 Å². The third-order valence-corrected chi connectivity index (χ3v) is 3.55. The number of aromatic nitrogens is 1. The van der Waals surface area contributed by atoms with Crippen molar-refractivity contribution in [3.8, 4) is 0 Å². The van der Waals surface area contributed by atoms with E-state index in [9.17, 15) is 8.42 Å². The van der Waals surface area contributed by atoms with Crippen LogP contribution in [0.25, 0.3) is 0 Å². The lowest BCUT2D eigenvalue weighted by Crippen LogP contribution is -2.13. The zero-order valence-corrected chi connectivity index (χ0v) is 8.89. The maximum Gasteiger partial charge on any atom is 0.190 e. The van der Waals surface area contributed by atoms with Crippen LogP contribution in [0.1, 0.15) is 24.6 Å². The van der Waals surface area contributed by atoms with Gasteiger partial charge < -0.3 is 10.3 Å². The average molecular weight is 214 g/mol. The highest BCUT2D eigenvalue weighted by atomic mass is 32.2. The molecule has 5 heteroatoms. The lowest BCUT2D eigenvalue weighted by Gasteiger charge is -2.06. The molecule has 2 rings (SSSR count). The van der Waals surface area contributed by atoms with Gasteiger partial charge in [0.1, 0.15) is 5.03 Å². The Labute approximate surface area is 83.6 Å². The highest BCUT2D eigenvalue weighted by Gasteiger charge is 2.19. The van der Waals surface area contributed by atoms with Crippen LogP contribution in [0.5, 0.6) is 0 Å². The topological polar surface area (TPSA) is 62.0 Å². The summed E-state index contributed by atoms with van der Waals surface area (Å²) < 4.78 is 22.4. The van der Waals surface area contributed by atoms with Gasteiger partial charge in [-0.05, 0) is 31.5 Å². The van der Waals surface area contributed by atoms with Crippen molar-refractivity contribution in [3.05, 3.63) is 17.8 Å². The fourth-order valence-electron chi connectivity index (χ4n) is 1.76. The SMILES string of the molecule is CS(=O)(=O)c1ccc(C2CCCN2)[nH]1. The molecule has 0 aliphatic carbocycles. The molecule has 1 aromatic heterocycles. The largest absolute Gasteiger partial charge is 0.348 e. The van der Waals surface area contributed by atoms with Crippen LogP contribution in [-0.2, 0) is 9.84 Å². The molecule has 2 heterocycles. The number of aromatic amines is 1. The van der Waals surface area contributed by atoms with Gasteiger partial charge in [0.15, 0.2) is 9.84 Å². The number of nitrogens with one attached hydrogen (secondary N) is 2. The molecule has 1 fully saturated rings. The first-order valence-corrected chi connectivity index (χ1v) is 6.59. The van der Waals surface area contributed by atoms with E-state index in [4.69, 9.17) is 0 Å². The third-order valence-electron chi connectivity index (χ3n) is 2.52. The Morgan fingerprint density at radius 3 is 2.71 bits per heavy atom. The molecule has 1 saturated heterocycles. The van der Waals surface area contributed by atoms with Crippen molar-refractivity contribution in [2.24, 2.45) is 0 Å². The summed E-state index contributed by atoms with van der Waals surface area (Å²) >= 11 is 0. The van der Waals surface area contributed by atoms with Crippen molar-refractivity contribution in [2.75, 3.05) is 12.8 Å². The molecule has 0 saturated carbocycles. The van der Waals surface area contributed by atoms with Gasteiger partial charge in [-0.15, -0.1) is 0 Å². The maximum atomic E-state index is 11.2. The van der Waals surface area contributed by atoms with E-state index < -0.39 is 9.84 Å². The lowest BCUT2D eigenvalue weighted by atomic mass is 10.2. The summed E-state index contributed by atoms with van der Waals surface area (Å²) in [6.07, 6.45) is 3.44. The van der Waals surface area contributed by atoms with Crippen molar-refractivity contribution in [2.45, 2.75) is 23.9 Å². The van der Waals surface area contributed by atoms with E-state index in [1.54, 1.807) is 6.07 Å². The molecule has 0 amide bonds. The first kappa shape index (κ1) is 9.73. The molecule has 14 heavy (non-hydrogen) atoms. The van der Waals surface area contributed by atoms with Gasteiger partial charge in [0.2, 0.25) is 0 Å². The van der Waals surface area contributed by atoms with Crippen LogP contribution >= 0.6 is 0 Å². The quantitative estimate of drug-likeness (QED) is 0.767. The number of sulfone groups is 1. The molecule has 78 valence electrons. The number of rotatable bonds is 2. The zero-order chi connectivity index (χ0) is 10.2. The van der Waals surface area contributed by atoms with Crippen LogP contribution in [0.2, 0.25) is 0 Å². The smallest absolute Gasteiger partial charge is 0.190 e. The molecule has 1 aromatic rings. The summed E-state index contributed by atoms with van der Waals surface area (Å²) in [4.78, 5) is 2.94. The molecule has 1 unspecified atom stereocenters. The molecular weight excluding hydrogens is 200 g/mol. The predicted octanol–water partition coefficient (Wildman–Crippen LogP) is 0.843. The Kier molecular flexibility index (Phi) is 2.36. The molecule has 0 spiro atoms. The first-order chi connectivity index (χ1) is 6.57. The van der Waals surface area contributed by atoms with E-state index in [2.05, 4.69) is 10.3 Å². The Bertz CT molecular complexity index is 416. The van der Waals surface area contributed by atoms with Gasteiger partial charge in [0.05, 0.1) is 0 Å². The minimum absolute atomic E-state index is 0.297. The number of hydrogen-bond donors (Lipinski definition) is 2. The molecular formula is C9H14N2O2S. The first-order valence-electron chi connectivity index (χ1n) is 4.70. The maximum absolute atomic E-state index is 11.2. The second-order valence-corrected chi connectivity index (χ2v) is 5.68. The summed E-state index contributed by atoms with van der Waals surface area (Å²) in [5.41, 5.74) is 0.975. The van der Waals surface area contributed by atoms with Gasteiger partial charge in [0.25, 0.3) is 0 Å². The zero-order valence-electron chi connectivity index (χ0n) is 8.08. The summed E-state index contributed by atoms with van der Waals surface area (Å²) in [5.74, 6) is 0. The Balaban J connectivity index is 2.25. The van der Waals surface area contributed by atoms with Gasteiger partial charge in [-0.1, -0.05) is 0 Å². The van der Waals surface area contributed by atoms with Crippen LogP contribution in [0, 0.1) is 0 Å². The predicted molar refractivity (Wildman–Crippen MR) is 53.9 cm³/mol. The third kappa shape index (κ3) is 1.83. The van der Waals surface area contributed by atoms with Crippen LogP contribution in [0.4, 0.5) is 0 Å². The van der Waals surface area contributed by atoms with Gasteiger partial charge in [-0.3, -0.25) is 0 Å². The molecule has 0 bridgehead atoms. The number of hydrogen-bond acceptors (Lipinski definition) is 3. The fraction of sp³-hybridized carbons (Fsp3) is 0.556. The van der Waals surface area contributed by atoms with E-state index in [0.717, 1.165) is 25.1 Å². The van der Waals surface area contributed by atoms with E-state index in [1.165, 1.54) is 6.26 Å². The highest BCUT2D eigenvalue weighted by Crippen LogP contribution is 2.23. The Hall–Kier alpha value is -0.810. The van der Waals surface area contributed by atoms with Gasteiger partial charge in [-0.2, -0.15) is 0 Å². The Morgan fingerprint density at radius 1 is 1.43 bits per heavy atom. The van der Waals surface area contributed by atoms with E-state index in [0.29, 0.717) is 11.1 Å². The van der Waals surface area contributed by atoms with Crippen molar-refractivity contribution >= 4 is 9.84 Å². The highest BCUT2D eigenvalue weighted by molar-refractivity contribution is 7.90. The van der Waals surface area contributed by atoms with Crippen molar-refractivity contribution in [1.29, 1.82) is 0 Å². The van der Waals surface area contributed by atoms with Crippen LogP contribution in [-0.4, -0.2) is 26.2 Å². The molecule has 2 N–H and O–H groups in total. The summed E-state index contributed by atoms with van der Waals surface area (Å²) in [6.45, 7) is 1.01. The van der Waals surface area contributed by atoms with Gasteiger partial charge >= 0.3 is 0 Å². The van der Waals surface area contributed by atoms with Crippen LogP contribution in [0.3, 0.4) is 0 Å². The van der Waals surface area contributed by atoms with Crippen molar-refractivity contribution in [3.63, 3.8) is 0 Å². The fourth-order valence-corrected chi connectivity index (χ4v) is 2.38. The summed E-state index contributed by atoms with van der Waals surface area (Å²) in [6, 6.07) is 3.77. The molecule has 0 radical (unpaired) electrons. The normalized spacial score (nSPS) is 22.8. The van der Waals surface area contributed by atoms with E-state index in [-0.39, 0.29) is 0 Å². The van der Waals surface area contributed by atoms with Crippen LogP contribution < -0.4 is 5.32 Å². The average Bonchev–Trinajstić information content (AvgIpc) is 2.73. The second kappa shape index (κ2) is 3.40. The van der Waals surface area contributed by atoms with Crippen molar-refractivity contribution in [1.82, 2.24) is 10.3 Å². The molecule has 4 nitrogen and oxygen atoms in total. The lowest BCUT2D eigenvalue weighted by molar-refractivity contribution is 0.595.